The van der Waals surface area contributed by atoms with Crippen LogP contribution in [0.2, 0.25) is 0 Å². The highest BCUT2D eigenvalue weighted by atomic mass is 16.5. The van der Waals surface area contributed by atoms with Gasteiger partial charge in [-0.1, -0.05) is 49.6 Å². The lowest BCUT2D eigenvalue weighted by Crippen LogP contribution is -2.16. The third-order valence-corrected chi connectivity index (χ3v) is 2.88. The number of benzene rings is 1. The highest BCUT2D eigenvalue weighted by Crippen LogP contribution is 2.21. The Bertz CT molecular complexity index is 249. The van der Waals surface area contributed by atoms with Gasteiger partial charge in [-0.2, -0.15) is 0 Å². The molecule has 1 aromatic carbocycles. The fourth-order valence-electron chi connectivity index (χ4n) is 2.02. The van der Waals surface area contributed by atoms with Gasteiger partial charge in [0.15, 0.2) is 0 Å². The topological polar surface area (TPSA) is 9.23 Å². The summed E-state index contributed by atoms with van der Waals surface area (Å²) in [6, 6.07) is 10.4. The summed E-state index contributed by atoms with van der Waals surface area (Å²) in [6.45, 7) is 0.783. The molecule has 0 unspecified atom stereocenters. The molecule has 0 bridgehead atoms. The van der Waals surface area contributed by atoms with Crippen molar-refractivity contribution in [3.63, 3.8) is 0 Å². The molecule has 1 fully saturated rings. The second kappa shape index (κ2) is 5.16. The monoisotopic (exact) mass is 190 g/mol. The number of ether oxygens (including phenoxy) is 1. The molecule has 76 valence electrons. The van der Waals surface area contributed by atoms with Gasteiger partial charge in [0, 0.05) is 0 Å². The fourth-order valence-corrected chi connectivity index (χ4v) is 2.02. The Balaban J connectivity index is 1.76. The summed E-state index contributed by atoms with van der Waals surface area (Å²) in [4.78, 5) is 0. The van der Waals surface area contributed by atoms with Crippen molar-refractivity contribution in [1.82, 2.24) is 0 Å². The van der Waals surface area contributed by atoms with Crippen molar-refractivity contribution in [1.29, 1.82) is 0 Å². The second-order valence-electron chi connectivity index (χ2n) is 4.06. The van der Waals surface area contributed by atoms with Crippen LogP contribution in [0.4, 0.5) is 0 Å². The Kier molecular flexibility index (Phi) is 3.58. The Hall–Kier alpha value is -0.820. The lowest BCUT2D eigenvalue weighted by molar-refractivity contribution is 0.0169. The normalized spacial score (nSPS) is 18.3. The van der Waals surface area contributed by atoms with Crippen LogP contribution in [0.3, 0.4) is 0 Å². The third kappa shape index (κ3) is 2.85. The van der Waals surface area contributed by atoms with Crippen LogP contribution in [-0.2, 0) is 11.3 Å². The lowest BCUT2D eigenvalue weighted by Gasteiger charge is -2.21. The highest BCUT2D eigenvalue weighted by Gasteiger charge is 2.13. The van der Waals surface area contributed by atoms with Gasteiger partial charge in [-0.3, -0.25) is 0 Å². The van der Waals surface area contributed by atoms with Gasteiger partial charge in [-0.15, -0.1) is 0 Å². The van der Waals surface area contributed by atoms with E-state index in [4.69, 9.17) is 4.74 Å². The van der Waals surface area contributed by atoms with Gasteiger partial charge in [0.1, 0.15) is 0 Å². The molecule has 0 radical (unpaired) electrons. The van der Waals surface area contributed by atoms with E-state index in [9.17, 15) is 0 Å². The van der Waals surface area contributed by atoms with Gasteiger partial charge in [0.2, 0.25) is 0 Å². The van der Waals surface area contributed by atoms with Gasteiger partial charge in [0.05, 0.1) is 12.7 Å². The first-order valence-electron chi connectivity index (χ1n) is 5.61. The largest absolute Gasteiger partial charge is 0.374 e. The van der Waals surface area contributed by atoms with Crippen LogP contribution in [-0.4, -0.2) is 6.10 Å². The first-order chi connectivity index (χ1) is 6.95. The van der Waals surface area contributed by atoms with Gasteiger partial charge in [0.25, 0.3) is 0 Å². The van der Waals surface area contributed by atoms with Crippen LogP contribution in [0.1, 0.15) is 37.7 Å². The predicted molar refractivity (Wildman–Crippen MR) is 58.1 cm³/mol. The molecule has 14 heavy (non-hydrogen) atoms. The Morgan fingerprint density at radius 3 is 2.43 bits per heavy atom. The molecule has 0 N–H and O–H groups in total. The number of hydrogen-bond acceptors (Lipinski definition) is 1. The van der Waals surface area contributed by atoms with Gasteiger partial charge in [-0.05, 0) is 18.4 Å². The fraction of sp³-hybridized carbons (Fsp3) is 0.538. The molecular weight excluding hydrogens is 172 g/mol. The minimum atomic E-state index is 0.518. The quantitative estimate of drug-likeness (QED) is 0.708. The smallest absolute Gasteiger partial charge is 0.0720 e. The van der Waals surface area contributed by atoms with E-state index in [1.165, 1.54) is 37.7 Å². The summed E-state index contributed by atoms with van der Waals surface area (Å²) < 4.78 is 5.87. The maximum Gasteiger partial charge on any atom is 0.0720 e. The minimum absolute atomic E-state index is 0.518. The van der Waals surface area contributed by atoms with Crippen molar-refractivity contribution in [2.24, 2.45) is 0 Å². The molecule has 1 saturated carbocycles. The van der Waals surface area contributed by atoms with Crippen LogP contribution in [0.15, 0.2) is 30.3 Å². The van der Waals surface area contributed by atoms with Crippen LogP contribution >= 0.6 is 0 Å². The molecule has 0 saturated heterocycles. The van der Waals surface area contributed by atoms with Crippen molar-refractivity contribution in [2.75, 3.05) is 0 Å². The average Bonchev–Trinajstić information content (AvgIpc) is 2.29. The van der Waals surface area contributed by atoms with Crippen molar-refractivity contribution in [3.05, 3.63) is 35.9 Å². The number of hydrogen-bond donors (Lipinski definition) is 0. The second-order valence-corrected chi connectivity index (χ2v) is 4.06. The van der Waals surface area contributed by atoms with E-state index in [0.717, 1.165) is 6.61 Å². The van der Waals surface area contributed by atoms with Gasteiger partial charge in [-0.25, -0.2) is 0 Å². The first kappa shape index (κ1) is 9.72. The molecule has 0 spiro atoms. The van der Waals surface area contributed by atoms with Gasteiger partial charge < -0.3 is 4.74 Å². The van der Waals surface area contributed by atoms with E-state index in [0.29, 0.717) is 6.10 Å². The zero-order valence-electron chi connectivity index (χ0n) is 8.61. The molecule has 0 heterocycles. The minimum Gasteiger partial charge on any atom is -0.374 e. The summed E-state index contributed by atoms with van der Waals surface area (Å²) in [5.74, 6) is 0. The van der Waals surface area contributed by atoms with E-state index in [-0.39, 0.29) is 0 Å². The third-order valence-electron chi connectivity index (χ3n) is 2.88. The van der Waals surface area contributed by atoms with E-state index >= 15 is 0 Å². The van der Waals surface area contributed by atoms with Crippen LogP contribution < -0.4 is 0 Å². The summed E-state index contributed by atoms with van der Waals surface area (Å²) in [7, 11) is 0. The van der Waals surface area contributed by atoms with Crippen molar-refractivity contribution in [2.45, 2.75) is 44.8 Å². The van der Waals surface area contributed by atoms with E-state index in [1.54, 1.807) is 0 Å². The molecule has 1 aromatic rings. The maximum atomic E-state index is 5.87. The molecule has 2 rings (SSSR count). The molecule has 1 nitrogen and oxygen atoms in total. The van der Waals surface area contributed by atoms with Crippen molar-refractivity contribution >= 4 is 0 Å². The molecular formula is C13H18O. The van der Waals surface area contributed by atoms with Crippen LogP contribution in [0, 0.1) is 0 Å². The number of rotatable bonds is 3. The van der Waals surface area contributed by atoms with Crippen LogP contribution in [0.25, 0.3) is 0 Å². The standard InChI is InChI=1S/C13H18O/c1-3-7-12(8-4-1)11-14-13-9-5-2-6-10-13/h1,3-4,7-8,13H,2,5-6,9-11H2. The van der Waals surface area contributed by atoms with E-state index < -0.39 is 0 Å². The molecule has 0 aliphatic heterocycles. The maximum absolute atomic E-state index is 5.87. The van der Waals surface area contributed by atoms with Gasteiger partial charge >= 0.3 is 0 Å². The summed E-state index contributed by atoms with van der Waals surface area (Å²) >= 11 is 0. The lowest BCUT2D eigenvalue weighted by atomic mass is 9.98. The van der Waals surface area contributed by atoms with E-state index in [1.807, 2.05) is 6.07 Å². The Morgan fingerprint density at radius 2 is 1.71 bits per heavy atom. The molecule has 0 atom stereocenters. The van der Waals surface area contributed by atoms with Crippen molar-refractivity contribution in [3.8, 4) is 0 Å². The Labute approximate surface area is 86.1 Å². The Morgan fingerprint density at radius 1 is 1.00 bits per heavy atom. The van der Waals surface area contributed by atoms with Crippen molar-refractivity contribution < 1.29 is 4.74 Å². The first-order valence-corrected chi connectivity index (χ1v) is 5.61. The molecule has 1 heteroatoms. The summed E-state index contributed by atoms with van der Waals surface area (Å²) in [5, 5.41) is 0. The molecule has 0 aromatic heterocycles. The predicted octanol–water partition coefficient (Wildman–Crippen LogP) is 3.54. The van der Waals surface area contributed by atoms with E-state index in [2.05, 4.69) is 24.3 Å². The molecule has 1 aliphatic rings. The summed E-state index contributed by atoms with van der Waals surface area (Å²) in [6.07, 6.45) is 7.12. The van der Waals surface area contributed by atoms with Crippen LogP contribution in [0.5, 0.6) is 0 Å². The zero-order chi connectivity index (χ0) is 9.64. The zero-order valence-corrected chi connectivity index (χ0v) is 8.61. The SMILES string of the molecule is c1ccc(COC2CCCCC2)cc1. The highest BCUT2D eigenvalue weighted by molar-refractivity contribution is 5.13. The molecule has 0 amide bonds. The summed E-state index contributed by atoms with van der Waals surface area (Å²) in [5.41, 5.74) is 1.29. The molecule has 1 aliphatic carbocycles. The average molecular weight is 190 g/mol.